The molecular weight excluding hydrogens is 456 g/mol. The van der Waals surface area contributed by atoms with E-state index in [4.69, 9.17) is 9.47 Å². The van der Waals surface area contributed by atoms with E-state index in [2.05, 4.69) is 31.9 Å². The van der Waals surface area contributed by atoms with Gasteiger partial charge < -0.3 is 14.4 Å². The molecule has 4 aromatic rings. The van der Waals surface area contributed by atoms with Gasteiger partial charge in [-0.3, -0.25) is 9.36 Å². The van der Waals surface area contributed by atoms with Crippen molar-refractivity contribution >= 4 is 16.7 Å². The molecule has 1 aliphatic heterocycles. The van der Waals surface area contributed by atoms with Crippen LogP contribution in [0, 0.1) is 6.92 Å². The van der Waals surface area contributed by atoms with Crippen molar-refractivity contribution in [3.05, 3.63) is 77.1 Å². The van der Waals surface area contributed by atoms with E-state index < -0.39 is 0 Å². The predicted molar refractivity (Wildman–Crippen MR) is 139 cm³/mol. The van der Waals surface area contributed by atoms with E-state index in [1.54, 1.807) is 12.1 Å². The number of aryl methyl sites for hydroxylation is 1. The lowest BCUT2D eigenvalue weighted by atomic mass is 10.1. The van der Waals surface area contributed by atoms with E-state index in [0.717, 1.165) is 35.6 Å². The molecule has 2 aromatic heterocycles. The summed E-state index contributed by atoms with van der Waals surface area (Å²) >= 11 is 0. The zero-order valence-electron chi connectivity index (χ0n) is 20.6. The second-order valence-electron chi connectivity index (χ2n) is 9.10. The molecule has 1 aliphatic rings. The van der Waals surface area contributed by atoms with Gasteiger partial charge in [0.1, 0.15) is 17.5 Å². The summed E-state index contributed by atoms with van der Waals surface area (Å²) in [6, 6.07) is 15.4. The number of anilines is 1. The van der Waals surface area contributed by atoms with Gasteiger partial charge in [0.2, 0.25) is 5.95 Å². The van der Waals surface area contributed by atoms with Crippen LogP contribution in [0.25, 0.3) is 22.3 Å². The first-order valence-corrected chi connectivity index (χ1v) is 12.1. The number of rotatable bonds is 9. The number of ether oxygens (including phenoxy) is 2. The Labute approximate surface area is 209 Å². The molecule has 3 heterocycles. The van der Waals surface area contributed by atoms with E-state index in [0.29, 0.717) is 36.6 Å². The predicted octanol–water partition coefficient (Wildman–Crippen LogP) is 3.74. The summed E-state index contributed by atoms with van der Waals surface area (Å²) in [5, 5.41) is 17.4. The molecule has 186 valence electrons. The van der Waals surface area contributed by atoms with Crippen LogP contribution >= 0.6 is 0 Å². The van der Waals surface area contributed by atoms with Crippen LogP contribution in [0.3, 0.4) is 0 Å². The van der Waals surface area contributed by atoms with Crippen molar-refractivity contribution in [3.8, 4) is 17.3 Å². The molecule has 1 saturated heterocycles. The third-order valence-corrected chi connectivity index (χ3v) is 6.28. The number of nitrogens with one attached hydrogen (secondary N) is 1. The summed E-state index contributed by atoms with van der Waals surface area (Å²) in [6.07, 6.45) is 2.58. The SMILES string of the molecule is C=CCOC1CCN(c2nnc(-c3n[nH]c(=O)c4ccccc34)n2CC(C)Oc2cccc(C)c2)C1. The van der Waals surface area contributed by atoms with Crippen molar-refractivity contribution in [2.75, 3.05) is 24.6 Å². The first-order valence-electron chi connectivity index (χ1n) is 12.1. The highest BCUT2D eigenvalue weighted by Gasteiger charge is 2.29. The Morgan fingerprint density at radius 2 is 2.03 bits per heavy atom. The number of fused-ring (bicyclic) bond motifs is 1. The molecule has 0 radical (unpaired) electrons. The number of H-pyrrole nitrogens is 1. The smallest absolute Gasteiger partial charge is 0.272 e. The van der Waals surface area contributed by atoms with Crippen molar-refractivity contribution in [2.45, 2.75) is 39.0 Å². The Kier molecular flexibility index (Phi) is 6.81. The summed E-state index contributed by atoms with van der Waals surface area (Å²) in [5.41, 5.74) is 1.47. The lowest BCUT2D eigenvalue weighted by molar-refractivity contribution is 0.0908. The molecule has 9 nitrogen and oxygen atoms in total. The Hall–Kier alpha value is -3.98. The lowest BCUT2D eigenvalue weighted by Crippen LogP contribution is -2.28. The third kappa shape index (κ3) is 4.87. The van der Waals surface area contributed by atoms with Crippen molar-refractivity contribution in [1.82, 2.24) is 25.0 Å². The fraction of sp³-hybridized carbons (Fsp3) is 0.333. The molecule has 5 rings (SSSR count). The van der Waals surface area contributed by atoms with E-state index in [1.165, 1.54) is 0 Å². The second kappa shape index (κ2) is 10.3. The van der Waals surface area contributed by atoms with Crippen molar-refractivity contribution in [2.24, 2.45) is 0 Å². The Morgan fingerprint density at radius 1 is 1.19 bits per heavy atom. The first-order chi connectivity index (χ1) is 17.5. The van der Waals surface area contributed by atoms with E-state index >= 15 is 0 Å². The highest BCUT2D eigenvalue weighted by molar-refractivity contribution is 5.92. The summed E-state index contributed by atoms with van der Waals surface area (Å²) in [7, 11) is 0. The molecule has 2 aromatic carbocycles. The van der Waals surface area contributed by atoms with Gasteiger partial charge >= 0.3 is 0 Å². The minimum Gasteiger partial charge on any atom is -0.489 e. The van der Waals surface area contributed by atoms with E-state index in [9.17, 15) is 4.79 Å². The molecule has 2 unspecified atom stereocenters. The average Bonchev–Trinajstić information content (AvgIpc) is 3.50. The van der Waals surface area contributed by atoms with E-state index in [-0.39, 0.29) is 17.8 Å². The van der Waals surface area contributed by atoms with Crippen LogP contribution in [0.2, 0.25) is 0 Å². The number of benzene rings is 2. The summed E-state index contributed by atoms with van der Waals surface area (Å²) in [4.78, 5) is 14.6. The summed E-state index contributed by atoms with van der Waals surface area (Å²) in [6.45, 7) is 10.3. The zero-order valence-corrected chi connectivity index (χ0v) is 20.6. The van der Waals surface area contributed by atoms with Crippen LogP contribution in [0.15, 0.2) is 66.0 Å². The van der Waals surface area contributed by atoms with Gasteiger partial charge in [0.25, 0.3) is 5.56 Å². The minimum atomic E-state index is -0.237. The lowest BCUT2D eigenvalue weighted by Gasteiger charge is -2.22. The molecule has 1 fully saturated rings. The maximum Gasteiger partial charge on any atom is 0.272 e. The molecule has 0 saturated carbocycles. The number of hydrogen-bond donors (Lipinski definition) is 1. The van der Waals surface area contributed by atoms with Gasteiger partial charge in [0.15, 0.2) is 5.82 Å². The highest BCUT2D eigenvalue weighted by Crippen LogP contribution is 2.29. The fourth-order valence-electron chi connectivity index (χ4n) is 4.62. The maximum absolute atomic E-state index is 12.4. The van der Waals surface area contributed by atoms with Crippen molar-refractivity contribution in [1.29, 1.82) is 0 Å². The van der Waals surface area contributed by atoms with Crippen LogP contribution < -0.4 is 15.2 Å². The molecule has 0 bridgehead atoms. The highest BCUT2D eigenvalue weighted by atomic mass is 16.5. The van der Waals surface area contributed by atoms with Crippen LogP contribution in [0.1, 0.15) is 18.9 Å². The van der Waals surface area contributed by atoms with Gasteiger partial charge in [0.05, 0.1) is 24.6 Å². The van der Waals surface area contributed by atoms with Crippen LogP contribution in [0.5, 0.6) is 5.75 Å². The first kappa shape index (κ1) is 23.7. The molecule has 2 atom stereocenters. The quantitative estimate of drug-likeness (QED) is 0.360. The Balaban J connectivity index is 1.52. The minimum absolute atomic E-state index is 0.101. The topological polar surface area (TPSA) is 98.2 Å². The van der Waals surface area contributed by atoms with Crippen LogP contribution in [0.4, 0.5) is 5.95 Å². The second-order valence-corrected chi connectivity index (χ2v) is 9.10. The fourth-order valence-corrected chi connectivity index (χ4v) is 4.62. The molecule has 1 N–H and O–H groups in total. The molecule has 0 aliphatic carbocycles. The van der Waals surface area contributed by atoms with Crippen molar-refractivity contribution in [3.63, 3.8) is 0 Å². The maximum atomic E-state index is 12.4. The standard InChI is InChI=1S/C27H30N6O3/c1-4-14-35-21-12-13-32(17-21)27-31-29-25(24-22-10-5-6-11-23(22)26(34)30-28-24)33(27)16-19(3)36-20-9-7-8-18(2)15-20/h4-11,15,19,21H,1,12-14,16-17H2,2-3H3,(H,30,34). The monoisotopic (exact) mass is 486 g/mol. The van der Waals surface area contributed by atoms with Gasteiger partial charge in [-0.1, -0.05) is 36.4 Å². The van der Waals surface area contributed by atoms with Crippen molar-refractivity contribution < 1.29 is 9.47 Å². The molecular formula is C27H30N6O3. The third-order valence-electron chi connectivity index (χ3n) is 6.28. The molecule has 0 amide bonds. The normalized spacial score (nSPS) is 16.4. The number of hydrogen-bond acceptors (Lipinski definition) is 7. The Morgan fingerprint density at radius 3 is 2.83 bits per heavy atom. The van der Waals surface area contributed by atoms with Gasteiger partial charge in [-0.05, 0) is 44.0 Å². The van der Waals surface area contributed by atoms with E-state index in [1.807, 2.05) is 60.9 Å². The summed E-state index contributed by atoms with van der Waals surface area (Å²) in [5.74, 6) is 2.12. The average molecular weight is 487 g/mol. The number of aromatic amines is 1. The molecule has 0 spiro atoms. The van der Waals surface area contributed by atoms with Crippen LogP contribution in [-0.4, -0.2) is 56.9 Å². The van der Waals surface area contributed by atoms with Gasteiger partial charge in [-0.15, -0.1) is 16.8 Å². The zero-order chi connectivity index (χ0) is 25.1. The van der Waals surface area contributed by atoms with Gasteiger partial charge in [-0.25, -0.2) is 5.10 Å². The number of aromatic nitrogens is 5. The van der Waals surface area contributed by atoms with Gasteiger partial charge in [-0.2, -0.15) is 5.10 Å². The Bertz CT molecular complexity index is 1430. The largest absolute Gasteiger partial charge is 0.489 e. The number of nitrogens with zero attached hydrogens (tertiary/aromatic N) is 5. The molecule has 9 heteroatoms. The summed E-state index contributed by atoms with van der Waals surface area (Å²) < 4.78 is 14.2. The van der Waals surface area contributed by atoms with Gasteiger partial charge in [0, 0.05) is 18.5 Å². The molecule has 36 heavy (non-hydrogen) atoms. The van der Waals surface area contributed by atoms with Crippen LogP contribution in [-0.2, 0) is 11.3 Å².